The molecule has 0 aromatic heterocycles. The van der Waals surface area contributed by atoms with Crippen LogP contribution in [0.2, 0.25) is 5.02 Å². The lowest BCUT2D eigenvalue weighted by molar-refractivity contribution is -0.134. The summed E-state index contributed by atoms with van der Waals surface area (Å²) in [6, 6.07) is 12.5. The van der Waals surface area contributed by atoms with Gasteiger partial charge in [0.1, 0.15) is 12.1 Å². The number of anilines is 2. The Morgan fingerprint density at radius 3 is 2.59 bits per heavy atom. The zero-order chi connectivity index (χ0) is 20.2. The number of amides is 4. The van der Waals surface area contributed by atoms with E-state index < -0.39 is 11.6 Å². The largest absolute Gasteiger partial charge is 0.325 e. The molecule has 2 aromatic carbocycles. The molecular weight excluding hydrogens is 410 g/mol. The van der Waals surface area contributed by atoms with Crippen LogP contribution in [0.25, 0.3) is 0 Å². The predicted octanol–water partition coefficient (Wildman–Crippen LogP) is 4.33. The van der Waals surface area contributed by atoms with Crippen LogP contribution in [0.3, 0.4) is 0 Å². The summed E-state index contributed by atoms with van der Waals surface area (Å²) in [5.74, 6) is -0.640. The van der Waals surface area contributed by atoms with E-state index in [4.69, 9.17) is 11.6 Å². The van der Waals surface area contributed by atoms with Crippen LogP contribution in [0.1, 0.15) is 25.7 Å². The molecule has 1 N–H and O–H groups in total. The third-order valence-electron chi connectivity index (χ3n) is 5.73. The Labute approximate surface area is 177 Å². The zero-order valence-electron chi connectivity index (χ0n) is 15.5. The number of urea groups is 1. The lowest BCUT2D eigenvalue weighted by Gasteiger charge is -2.32. The molecule has 6 nitrogen and oxygen atoms in total. The number of carbonyl (C=O) groups excluding carboxylic acids is 3. The Hall–Kier alpha value is -2.51. The molecule has 0 unspecified atom stereocenters. The number of benzene rings is 2. The van der Waals surface area contributed by atoms with Gasteiger partial charge in [-0.25, -0.2) is 4.79 Å². The van der Waals surface area contributed by atoms with Gasteiger partial charge in [0.05, 0.1) is 11.4 Å². The molecule has 1 saturated heterocycles. The molecule has 8 heteroatoms. The van der Waals surface area contributed by atoms with Gasteiger partial charge in [-0.2, -0.15) is 0 Å². The van der Waals surface area contributed by atoms with Crippen molar-refractivity contribution in [3.63, 3.8) is 0 Å². The molecule has 0 radical (unpaired) electrons. The lowest BCUT2D eigenvalue weighted by atomic mass is 9.98. The van der Waals surface area contributed by atoms with E-state index in [9.17, 15) is 14.4 Å². The van der Waals surface area contributed by atoms with Gasteiger partial charge in [-0.15, -0.1) is 0 Å². The molecule has 1 saturated carbocycles. The SMILES string of the molecule is O=C1NC2(CCCC2)C(=O)N1CC(=O)N1c2ccccc2Sc2ccc(Cl)cc21. The standard InChI is InChI=1S/C21H18ClN3O3S/c22-13-7-8-17-15(11-13)25(14-5-1-2-6-16(14)29-17)18(26)12-24-19(27)21(23-20(24)28)9-3-4-10-21/h1-2,5-8,11H,3-4,9-10,12H2,(H,23,28). The minimum Gasteiger partial charge on any atom is -0.323 e. The Kier molecular flexibility index (Phi) is 4.33. The van der Waals surface area contributed by atoms with Crippen LogP contribution in [-0.2, 0) is 9.59 Å². The van der Waals surface area contributed by atoms with Crippen LogP contribution in [0, 0.1) is 0 Å². The molecule has 2 heterocycles. The van der Waals surface area contributed by atoms with Crippen molar-refractivity contribution >= 4 is 52.6 Å². The highest BCUT2D eigenvalue weighted by atomic mass is 35.5. The van der Waals surface area contributed by atoms with Crippen molar-refractivity contribution in [1.82, 2.24) is 10.2 Å². The number of hydrogen-bond acceptors (Lipinski definition) is 4. The van der Waals surface area contributed by atoms with E-state index >= 15 is 0 Å². The summed E-state index contributed by atoms with van der Waals surface area (Å²) in [5.41, 5.74) is 0.558. The third kappa shape index (κ3) is 2.91. The average molecular weight is 428 g/mol. The van der Waals surface area contributed by atoms with Crippen LogP contribution in [-0.4, -0.2) is 34.8 Å². The van der Waals surface area contributed by atoms with Crippen molar-refractivity contribution in [2.75, 3.05) is 11.4 Å². The summed E-state index contributed by atoms with van der Waals surface area (Å²) in [6.45, 7) is -0.308. The quantitative estimate of drug-likeness (QED) is 0.724. The van der Waals surface area contributed by atoms with Crippen molar-refractivity contribution in [2.45, 2.75) is 41.0 Å². The second-order valence-corrected chi connectivity index (χ2v) is 9.04. The molecule has 4 amide bonds. The van der Waals surface area contributed by atoms with Gasteiger partial charge >= 0.3 is 6.03 Å². The molecule has 5 rings (SSSR count). The maximum atomic E-state index is 13.4. The molecule has 2 fully saturated rings. The maximum Gasteiger partial charge on any atom is 0.325 e. The zero-order valence-corrected chi connectivity index (χ0v) is 17.1. The number of hydrogen-bond donors (Lipinski definition) is 1. The van der Waals surface area contributed by atoms with E-state index in [1.165, 1.54) is 0 Å². The lowest BCUT2D eigenvalue weighted by Crippen LogP contribution is -2.45. The fraction of sp³-hybridized carbons (Fsp3) is 0.286. The molecule has 2 aromatic rings. The Morgan fingerprint density at radius 2 is 1.79 bits per heavy atom. The molecule has 29 heavy (non-hydrogen) atoms. The van der Waals surface area contributed by atoms with E-state index in [1.54, 1.807) is 28.8 Å². The summed E-state index contributed by atoms with van der Waals surface area (Å²) >= 11 is 7.76. The second-order valence-electron chi connectivity index (χ2n) is 7.52. The van der Waals surface area contributed by atoms with Gasteiger partial charge in [0.15, 0.2) is 0 Å². The first kappa shape index (κ1) is 18.5. The van der Waals surface area contributed by atoms with Crippen molar-refractivity contribution in [3.8, 4) is 0 Å². The topological polar surface area (TPSA) is 69.7 Å². The Morgan fingerprint density at radius 1 is 1.07 bits per heavy atom. The van der Waals surface area contributed by atoms with Crippen LogP contribution in [0.15, 0.2) is 52.3 Å². The number of imide groups is 1. The van der Waals surface area contributed by atoms with Gasteiger partial charge in [-0.05, 0) is 43.2 Å². The number of fused-ring (bicyclic) bond motifs is 2. The first-order chi connectivity index (χ1) is 14.0. The van der Waals surface area contributed by atoms with Gasteiger partial charge in [0.25, 0.3) is 11.8 Å². The average Bonchev–Trinajstić information content (AvgIpc) is 3.27. The Balaban J connectivity index is 1.49. The van der Waals surface area contributed by atoms with Gasteiger partial charge in [-0.1, -0.05) is 48.3 Å². The predicted molar refractivity (Wildman–Crippen MR) is 111 cm³/mol. The van der Waals surface area contributed by atoms with E-state index in [0.29, 0.717) is 23.6 Å². The summed E-state index contributed by atoms with van der Waals surface area (Å²) in [4.78, 5) is 43.3. The fourth-order valence-corrected chi connectivity index (χ4v) is 5.54. The molecule has 2 aliphatic heterocycles. The number of carbonyl (C=O) groups is 3. The van der Waals surface area contributed by atoms with E-state index in [1.807, 2.05) is 30.3 Å². The first-order valence-electron chi connectivity index (χ1n) is 9.52. The Bertz CT molecular complexity index is 1050. The number of nitrogens with one attached hydrogen (secondary N) is 1. The van der Waals surface area contributed by atoms with Crippen molar-refractivity contribution in [1.29, 1.82) is 0 Å². The van der Waals surface area contributed by atoms with Crippen LogP contribution in [0.4, 0.5) is 16.2 Å². The highest BCUT2D eigenvalue weighted by Crippen LogP contribution is 2.49. The van der Waals surface area contributed by atoms with Crippen LogP contribution in [0.5, 0.6) is 0 Å². The van der Waals surface area contributed by atoms with E-state index in [2.05, 4.69) is 5.32 Å². The van der Waals surface area contributed by atoms with Crippen molar-refractivity contribution in [2.24, 2.45) is 0 Å². The van der Waals surface area contributed by atoms with Crippen molar-refractivity contribution < 1.29 is 14.4 Å². The highest BCUT2D eigenvalue weighted by molar-refractivity contribution is 7.99. The summed E-state index contributed by atoms with van der Waals surface area (Å²) in [7, 11) is 0. The minimum absolute atomic E-state index is 0.292. The summed E-state index contributed by atoms with van der Waals surface area (Å²) in [6.07, 6.45) is 3.06. The smallest absolute Gasteiger partial charge is 0.323 e. The second kappa shape index (κ2) is 6.78. The number of nitrogens with zero attached hydrogens (tertiary/aromatic N) is 2. The molecule has 0 bridgehead atoms. The molecule has 3 aliphatic rings. The van der Waals surface area contributed by atoms with Crippen molar-refractivity contribution in [3.05, 3.63) is 47.5 Å². The number of para-hydroxylation sites is 1. The van der Waals surface area contributed by atoms with Crippen LogP contribution >= 0.6 is 23.4 Å². The normalized spacial score (nSPS) is 19.3. The maximum absolute atomic E-state index is 13.4. The summed E-state index contributed by atoms with van der Waals surface area (Å²) < 4.78 is 0. The molecule has 148 valence electrons. The fourth-order valence-electron chi connectivity index (χ4n) is 4.34. The highest BCUT2D eigenvalue weighted by Gasteiger charge is 2.53. The van der Waals surface area contributed by atoms with Crippen LogP contribution < -0.4 is 10.2 Å². The molecule has 1 spiro atoms. The molecule has 0 atom stereocenters. The molecular formula is C21H18ClN3O3S. The third-order valence-corrected chi connectivity index (χ3v) is 7.10. The first-order valence-corrected chi connectivity index (χ1v) is 10.7. The minimum atomic E-state index is -0.825. The van der Waals surface area contributed by atoms with Gasteiger partial charge < -0.3 is 5.32 Å². The number of rotatable bonds is 2. The molecule has 1 aliphatic carbocycles. The number of halogens is 1. The summed E-state index contributed by atoms with van der Waals surface area (Å²) in [5, 5.41) is 3.34. The van der Waals surface area contributed by atoms with Gasteiger partial charge in [0, 0.05) is 14.8 Å². The van der Waals surface area contributed by atoms with Gasteiger partial charge in [-0.3, -0.25) is 19.4 Å². The van der Waals surface area contributed by atoms with E-state index in [-0.39, 0.29) is 18.4 Å². The van der Waals surface area contributed by atoms with Gasteiger partial charge in [0.2, 0.25) is 0 Å². The monoisotopic (exact) mass is 427 g/mol. The van der Waals surface area contributed by atoms with E-state index in [0.717, 1.165) is 33.2 Å².